The Morgan fingerprint density at radius 3 is 2.74 bits per heavy atom. The summed E-state index contributed by atoms with van der Waals surface area (Å²) in [5.74, 6) is -1.26. The zero-order valence-electron chi connectivity index (χ0n) is 14.5. The number of aryl methyl sites for hydroxylation is 1. The van der Waals surface area contributed by atoms with E-state index in [0.717, 1.165) is 35.5 Å². The van der Waals surface area contributed by atoms with Gasteiger partial charge >= 0.3 is 6.36 Å². The third-order valence-electron chi connectivity index (χ3n) is 3.85. The van der Waals surface area contributed by atoms with Crippen molar-refractivity contribution in [3.63, 3.8) is 0 Å². The Hall–Kier alpha value is -2.61. The zero-order valence-corrected chi connectivity index (χ0v) is 15.3. The lowest BCUT2D eigenvalue weighted by atomic mass is 10.1. The van der Waals surface area contributed by atoms with E-state index in [9.17, 15) is 18.0 Å². The number of anilines is 1. The van der Waals surface area contributed by atoms with E-state index in [-0.39, 0.29) is 5.56 Å². The Kier molecular flexibility index (Phi) is 5.65. The van der Waals surface area contributed by atoms with E-state index in [1.165, 1.54) is 35.1 Å². The molecule has 0 bridgehead atoms. The molecule has 1 heterocycles. The fraction of sp³-hybridized carbons (Fsp3) is 0.263. The van der Waals surface area contributed by atoms with Crippen molar-refractivity contribution in [3.8, 4) is 5.75 Å². The third kappa shape index (κ3) is 4.97. The second kappa shape index (κ2) is 7.96. The Balaban J connectivity index is 1.80. The number of unbranched alkanes of at least 4 members (excludes halogenated alkanes) is 1. The number of benzene rings is 2. The van der Waals surface area contributed by atoms with Crippen LogP contribution in [0.25, 0.3) is 10.2 Å². The second-order valence-corrected chi connectivity index (χ2v) is 6.95. The minimum atomic E-state index is -4.87. The molecular weight excluding hydrogens is 377 g/mol. The Bertz CT molecular complexity index is 954. The van der Waals surface area contributed by atoms with E-state index < -0.39 is 18.0 Å². The monoisotopic (exact) mass is 394 g/mol. The van der Waals surface area contributed by atoms with Crippen LogP contribution < -0.4 is 10.1 Å². The molecule has 8 heteroatoms. The number of para-hydroxylation sites is 1. The molecule has 0 saturated heterocycles. The van der Waals surface area contributed by atoms with Crippen LogP contribution in [0.3, 0.4) is 0 Å². The minimum absolute atomic E-state index is 0.210. The number of rotatable bonds is 6. The van der Waals surface area contributed by atoms with E-state index >= 15 is 0 Å². The van der Waals surface area contributed by atoms with Crippen molar-refractivity contribution < 1.29 is 22.7 Å². The van der Waals surface area contributed by atoms with E-state index in [2.05, 4.69) is 22.0 Å². The Morgan fingerprint density at radius 1 is 1.22 bits per heavy atom. The van der Waals surface area contributed by atoms with Crippen LogP contribution in [0.2, 0.25) is 0 Å². The molecule has 4 nitrogen and oxygen atoms in total. The van der Waals surface area contributed by atoms with Gasteiger partial charge in [0.05, 0.1) is 15.8 Å². The lowest BCUT2D eigenvalue weighted by Gasteiger charge is -2.12. The SMILES string of the molecule is CCCCc1ccc2nc(NC(=O)c3ccccc3OC(F)(F)F)sc2c1. The van der Waals surface area contributed by atoms with E-state index in [0.29, 0.717) is 5.13 Å². The highest BCUT2D eigenvalue weighted by atomic mass is 32.1. The molecular formula is C19H17F3N2O2S. The predicted octanol–water partition coefficient (Wildman–Crippen LogP) is 5.79. The molecule has 0 saturated carbocycles. The molecule has 1 amide bonds. The van der Waals surface area contributed by atoms with E-state index in [1.807, 2.05) is 18.2 Å². The summed E-state index contributed by atoms with van der Waals surface area (Å²) in [6.45, 7) is 2.12. The molecule has 0 aliphatic carbocycles. The number of carbonyl (C=O) groups is 1. The maximum atomic E-state index is 12.5. The molecule has 2 aromatic carbocycles. The first-order valence-corrected chi connectivity index (χ1v) is 9.23. The number of aromatic nitrogens is 1. The molecule has 1 aromatic heterocycles. The number of alkyl halides is 3. The number of nitrogens with one attached hydrogen (secondary N) is 1. The second-order valence-electron chi connectivity index (χ2n) is 5.92. The summed E-state index contributed by atoms with van der Waals surface area (Å²) < 4.78 is 42.4. The molecule has 0 unspecified atom stereocenters. The first kappa shape index (κ1) is 19.2. The van der Waals surface area contributed by atoms with Gasteiger partial charge in [0.1, 0.15) is 5.75 Å². The van der Waals surface area contributed by atoms with Crippen LogP contribution in [0.5, 0.6) is 5.75 Å². The van der Waals surface area contributed by atoms with Crippen LogP contribution in [-0.4, -0.2) is 17.3 Å². The summed E-state index contributed by atoms with van der Waals surface area (Å²) >= 11 is 1.28. The zero-order chi connectivity index (χ0) is 19.4. The lowest BCUT2D eigenvalue weighted by molar-refractivity contribution is -0.274. The molecule has 3 rings (SSSR count). The number of halogens is 3. The fourth-order valence-electron chi connectivity index (χ4n) is 2.59. The van der Waals surface area contributed by atoms with Gasteiger partial charge in [0.2, 0.25) is 0 Å². The first-order valence-electron chi connectivity index (χ1n) is 8.41. The molecule has 0 radical (unpaired) electrons. The van der Waals surface area contributed by atoms with Crippen LogP contribution in [0.4, 0.5) is 18.3 Å². The highest BCUT2D eigenvalue weighted by molar-refractivity contribution is 7.22. The molecule has 142 valence electrons. The van der Waals surface area contributed by atoms with Crippen LogP contribution in [0.15, 0.2) is 42.5 Å². The van der Waals surface area contributed by atoms with E-state index in [4.69, 9.17) is 0 Å². The number of ether oxygens (including phenoxy) is 1. The number of nitrogens with zero attached hydrogens (tertiary/aromatic N) is 1. The molecule has 0 atom stereocenters. The Labute approximate surface area is 158 Å². The van der Waals surface area contributed by atoms with Gasteiger partial charge in [-0.15, -0.1) is 13.2 Å². The number of fused-ring (bicyclic) bond motifs is 1. The van der Waals surface area contributed by atoms with Gasteiger partial charge in [0, 0.05) is 0 Å². The average Bonchev–Trinajstić information content (AvgIpc) is 3.00. The van der Waals surface area contributed by atoms with E-state index in [1.54, 1.807) is 0 Å². The molecule has 0 fully saturated rings. The van der Waals surface area contributed by atoms with Crippen LogP contribution in [0.1, 0.15) is 35.7 Å². The summed E-state index contributed by atoms with van der Waals surface area (Å²) in [7, 11) is 0. The quantitative estimate of drug-likeness (QED) is 0.576. The largest absolute Gasteiger partial charge is 0.573 e. The maximum absolute atomic E-state index is 12.5. The number of hydrogen-bond acceptors (Lipinski definition) is 4. The van der Waals surface area contributed by atoms with Gasteiger partial charge in [-0.25, -0.2) is 4.98 Å². The predicted molar refractivity (Wildman–Crippen MR) is 99.3 cm³/mol. The van der Waals surface area contributed by atoms with Gasteiger partial charge in [-0.05, 0) is 42.7 Å². The summed E-state index contributed by atoms with van der Waals surface area (Å²) in [5, 5.41) is 2.88. The van der Waals surface area contributed by atoms with Crippen molar-refractivity contribution >= 4 is 32.6 Å². The molecule has 0 spiro atoms. The third-order valence-corrected chi connectivity index (χ3v) is 4.78. The highest BCUT2D eigenvalue weighted by Gasteiger charge is 2.32. The molecule has 0 aliphatic rings. The molecule has 3 aromatic rings. The van der Waals surface area contributed by atoms with Crippen molar-refractivity contribution in [1.29, 1.82) is 0 Å². The lowest BCUT2D eigenvalue weighted by Crippen LogP contribution is -2.20. The van der Waals surface area contributed by atoms with Crippen molar-refractivity contribution in [2.24, 2.45) is 0 Å². The van der Waals surface area contributed by atoms with Crippen LogP contribution in [0, 0.1) is 0 Å². The van der Waals surface area contributed by atoms with Crippen molar-refractivity contribution in [1.82, 2.24) is 4.98 Å². The van der Waals surface area contributed by atoms with Gasteiger partial charge in [0.15, 0.2) is 5.13 Å². The minimum Gasteiger partial charge on any atom is -0.405 e. The van der Waals surface area contributed by atoms with Crippen molar-refractivity contribution in [3.05, 3.63) is 53.6 Å². The number of carbonyl (C=O) groups excluding carboxylic acids is 1. The summed E-state index contributed by atoms with van der Waals surface area (Å²) in [5.41, 5.74) is 1.71. The molecule has 1 N–H and O–H groups in total. The van der Waals surface area contributed by atoms with Gasteiger partial charge < -0.3 is 4.74 Å². The van der Waals surface area contributed by atoms with Gasteiger partial charge in [-0.1, -0.05) is 42.9 Å². The van der Waals surface area contributed by atoms with Crippen LogP contribution >= 0.6 is 11.3 Å². The highest BCUT2D eigenvalue weighted by Crippen LogP contribution is 2.30. The first-order chi connectivity index (χ1) is 12.9. The molecule has 0 aliphatic heterocycles. The molecule has 27 heavy (non-hydrogen) atoms. The Morgan fingerprint density at radius 2 is 2.00 bits per heavy atom. The number of hydrogen-bond donors (Lipinski definition) is 1. The summed E-state index contributed by atoms with van der Waals surface area (Å²) in [4.78, 5) is 16.7. The van der Waals surface area contributed by atoms with Crippen LogP contribution in [-0.2, 0) is 6.42 Å². The average molecular weight is 394 g/mol. The van der Waals surface area contributed by atoms with Gasteiger partial charge in [-0.2, -0.15) is 0 Å². The summed E-state index contributed by atoms with van der Waals surface area (Å²) in [6, 6.07) is 11.1. The number of thiazole rings is 1. The van der Waals surface area contributed by atoms with Gasteiger partial charge in [0.25, 0.3) is 5.91 Å². The normalized spacial score (nSPS) is 11.6. The topological polar surface area (TPSA) is 51.2 Å². The van der Waals surface area contributed by atoms with Gasteiger partial charge in [-0.3, -0.25) is 10.1 Å². The van der Waals surface area contributed by atoms with Crippen molar-refractivity contribution in [2.75, 3.05) is 5.32 Å². The smallest absolute Gasteiger partial charge is 0.405 e. The fourth-order valence-corrected chi connectivity index (χ4v) is 3.52. The number of amides is 1. The van der Waals surface area contributed by atoms with Crippen molar-refractivity contribution in [2.45, 2.75) is 32.5 Å². The standard InChI is InChI=1S/C19H17F3N2O2S/c1-2-3-6-12-9-10-14-16(11-12)27-18(23-14)24-17(25)13-7-4-5-8-15(13)26-19(20,21)22/h4-5,7-11H,2-3,6H2,1H3,(H,23,24,25). The summed E-state index contributed by atoms with van der Waals surface area (Å²) in [6.07, 6.45) is -1.72. The maximum Gasteiger partial charge on any atom is 0.573 e.